The second-order valence-corrected chi connectivity index (χ2v) is 8.34. The van der Waals surface area contributed by atoms with Gasteiger partial charge in [-0.3, -0.25) is 9.69 Å². The summed E-state index contributed by atoms with van der Waals surface area (Å²) in [6.45, 7) is 0. The molecule has 150 valence electrons. The van der Waals surface area contributed by atoms with Gasteiger partial charge in [-0.15, -0.1) is 0 Å². The van der Waals surface area contributed by atoms with Gasteiger partial charge >= 0.3 is 0 Å². The molecule has 1 aliphatic heterocycles. The molecule has 30 heavy (non-hydrogen) atoms. The molecule has 1 aliphatic rings. The van der Waals surface area contributed by atoms with E-state index in [4.69, 9.17) is 16.6 Å². The number of hydrogen-bond acceptors (Lipinski definition) is 3. The van der Waals surface area contributed by atoms with Gasteiger partial charge < -0.3 is 4.90 Å². The number of carbonyl (C=O) groups excluding carboxylic acids is 1. The molecule has 0 aliphatic carbocycles. The maximum absolute atomic E-state index is 13.4. The van der Waals surface area contributed by atoms with Gasteiger partial charge in [-0.25, -0.2) is 4.99 Å². The largest absolute Gasteiger partial charge is 0.378 e. The van der Waals surface area contributed by atoms with Crippen molar-refractivity contribution in [2.75, 3.05) is 23.9 Å². The predicted octanol–water partition coefficient (Wildman–Crippen LogP) is 6.00. The molecule has 0 radical (unpaired) electrons. The van der Waals surface area contributed by atoms with Gasteiger partial charge in [-0.05, 0) is 54.1 Å². The summed E-state index contributed by atoms with van der Waals surface area (Å²) in [6.07, 6.45) is 1.81. The number of amidine groups is 1. The van der Waals surface area contributed by atoms with Crippen molar-refractivity contribution in [3.05, 3.63) is 99.1 Å². The molecule has 0 bridgehead atoms. The second kappa shape index (κ2) is 8.46. The van der Waals surface area contributed by atoms with Crippen molar-refractivity contribution < 1.29 is 4.79 Å². The van der Waals surface area contributed by atoms with E-state index >= 15 is 0 Å². The van der Waals surface area contributed by atoms with E-state index < -0.39 is 0 Å². The summed E-state index contributed by atoms with van der Waals surface area (Å²) in [6, 6.07) is 22.9. The number of rotatable bonds is 4. The minimum absolute atomic E-state index is 0.181. The highest BCUT2D eigenvalue weighted by Gasteiger charge is 2.33. The molecular formula is C24H19BrClN3O. The van der Waals surface area contributed by atoms with Crippen molar-refractivity contribution in [1.29, 1.82) is 0 Å². The first-order valence-electron chi connectivity index (χ1n) is 9.37. The van der Waals surface area contributed by atoms with Crippen LogP contribution in [0, 0.1) is 0 Å². The Balaban J connectivity index is 1.79. The van der Waals surface area contributed by atoms with E-state index in [1.807, 2.05) is 85.7 Å². The molecule has 0 spiro atoms. The summed E-state index contributed by atoms with van der Waals surface area (Å²) in [4.78, 5) is 21.7. The molecule has 0 unspecified atom stereocenters. The first-order chi connectivity index (χ1) is 14.4. The van der Waals surface area contributed by atoms with E-state index in [2.05, 4.69) is 15.9 Å². The third-order valence-electron chi connectivity index (χ3n) is 4.77. The lowest BCUT2D eigenvalue weighted by molar-refractivity contribution is -0.113. The number of carbonyl (C=O) groups is 1. The van der Waals surface area contributed by atoms with E-state index in [1.165, 1.54) is 0 Å². The number of amides is 1. The van der Waals surface area contributed by atoms with Crippen LogP contribution < -0.4 is 9.80 Å². The molecule has 1 amide bonds. The molecule has 3 aromatic rings. The van der Waals surface area contributed by atoms with Gasteiger partial charge in [0.25, 0.3) is 5.91 Å². The second-order valence-electron chi connectivity index (χ2n) is 7.05. The number of anilines is 2. The molecule has 3 aromatic carbocycles. The van der Waals surface area contributed by atoms with Crippen molar-refractivity contribution in [1.82, 2.24) is 0 Å². The van der Waals surface area contributed by atoms with Crippen LogP contribution in [0.15, 0.2) is 88.0 Å². The van der Waals surface area contributed by atoms with Gasteiger partial charge in [-0.1, -0.05) is 57.9 Å². The molecular weight excluding hydrogens is 462 g/mol. The van der Waals surface area contributed by atoms with Crippen molar-refractivity contribution in [3.8, 4) is 0 Å². The van der Waals surface area contributed by atoms with Gasteiger partial charge in [0.05, 0.1) is 5.69 Å². The van der Waals surface area contributed by atoms with Crippen LogP contribution in [0.5, 0.6) is 0 Å². The Morgan fingerprint density at radius 2 is 1.63 bits per heavy atom. The minimum Gasteiger partial charge on any atom is -0.378 e. The summed E-state index contributed by atoms with van der Waals surface area (Å²) in [7, 11) is 3.98. The summed E-state index contributed by atoms with van der Waals surface area (Å²) in [5, 5.41) is 0.613. The quantitative estimate of drug-likeness (QED) is 0.429. The summed E-state index contributed by atoms with van der Waals surface area (Å²) >= 11 is 9.63. The topological polar surface area (TPSA) is 35.9 Å². The third kappa shape index (κ3) is 4.04. The highest BCUT2D eigenvalue weighted by molar-refractivity contribution is 9.10. The van der Waals surface area contributed by atoms with Gasteiger partial charge in [-0.2, -0.15) is 0 Å². The molecule has 1 heterocycles. The van der Waals surface area contributed by atoms with Gasteiger partial charge in [0.1, 0.15) is 11.5 Å². The van der Waals surface area contributed by atoms with Crippen LogP contribution in [0.1, 0.15) is 11.1 Å². The molecule has 0 saturated carbocycles. The van der Waals surface area contributed by atoms with E-state index in [1.54, 1.807) is 17.0 Å². The molecule has 0 fully saturated rings. The standard InChI is InChI=1S/C24H19BrClN3O/c1-28(2)18-11-7-16(8-12-18)15-22-24(30)29(19-13-9-17(26)10-14-19)23(27-22)20-5-3-4-6-21(20)25/h3-15H,1-2H3/b22-15+. The smallest absolute Gasteiger partial charge is 0.282 e. The van der Waals surface area contributed by atoms with Crippen molar-refractivity contribution >= 4 is 56.7 Å². The van der Waals surface area contributed by atoms with Crippen molar-refractivity contribution in [2.24, 2.45) is 4.99 Å². The van der Waals surface area contributed by atoms with E-state index in [0.717, 1.165) is 21.3 Å². The highest BCUT2D eigenvalue weighted by atomic mass is 79.9. The number of aliphatic imine (C=N–C) groups is 1. The third-order valence-corrected chi connectivity index (χ3v) is 5.72. The molecule has 4 rings (SSSR count). The maximum atomic E-state index is 13.4. The number of halogens is 2. The lowest BCUT2D eigenvalue weighted by Crippen LogP contribution is -2.32. The molecule has 0 aromatic heterocycles. The maximum Gasteiger partial charge on any atom is 0.282 e. The Morgan fingerprint density at radius 1 is 0.967 bits per heavy atom. The van der Waals surface area contributed by atoms with Gasteiger partial charge in [0, 0.05) is 34.8 Å². The Hall–Kier alpha value is -2.89. The van der Waals surface area contributed by atoms with Gasteiger partial charge in [0.15, 0.2) is 0 Å². The Bertz CT molecular complexity index is 1150. The van der Waals surface area contributed by atoms with Crippen LogP contribution in [0.3, 0.4) is 0 Å². The van der Waals surface area contributed by atoms with Crippen LogP contribution in [0.2, 0.25) is 5.02 Å². The fraction of sp³-hybridized carbons (Fsp3) is 0.0833. The average molecular weight is 481 g/mol. The average Bonchev–Trinajstić information content (AvgIpc) is 3.05. The Kier molecular flexibility index (Phi) is 5.75. The van der Waals surface area contributed by atoms with Crippen LogP contribution in [0.4, 0.5) is 11.4 Å². The Morgan fingerprint density at radius 3 is 2.27 bits per heavy atom. The van der Waals surface area contributed by atoms with Crippen LogP contribution in [-0.2, 0) is 4.79 Å². The monoisotopic (exact) mass is 479 g/mol. The zero-order valence-electron chi connectivity index (χ0n) is 16.5. The summed E-state index contributed by atoms with van der Waals surface area (Å²) in [5.74, 6) is 0.394. The zero-order valence-corrected chi connectivity index (χ0v) is 18.9. The minimum atomic E-state index is -0.181. The molecule has 6 heteroatoms. The molecule has 4 nitrogen and oxygen atoms in total. The molecule has 0 N–H and O–H groups in total. The summed E-state index contributed by atoms with van der Waals surface area (Å²) < 4.78 is 0.868. The zero-order chi connectivity index (χ0) is 21.3. The summed E-state index contributed by atoms with van der Waals surface area (Å²) in [5.41, 5.74) is 3.94. The fourth-order valence-corrected chi connectivity index (χ4v) is 3.78. The van der Waals surface area contributed by atoms with Gasteiger partial charge in [0.2, 0.25) is 0 Å². The number of hydrogen-bond donors (Lipinski definition) is 0. The first-order valence-corrected chi connectivity index (χ1v) is 10.5. The lowest BCUT2D eigenvalue weighted by atomic mass is 10.1. The lowest BCUT2D eigenvalue weighted by Gasteiger charge is -2.19. The first kappa shape index (κ1) is 20.4. The van der Waals surface area contributed by atoms with E-state index in [0.29, 0.717) is 22.2 Å². The number of benzene rings is 3. The highest BCUT2D eigenvalue weighted by Crippen LogP contribution is 2.31. The fourth-order valence-electron chi connectivity index (χ4n) is 3.20. The molecule has 0 atom stereocenters. The normalized spacial score (nSPS) is 14.9. The van der Waals surface area contributed by atoms with E-state index in [-0.39, 0.29) is 5.91 Å². The van der Waals surface area contributed by atoms with Crippen LogP contribution >= 0.6 is 27.5 Å². The van der Waals surface area contributed by atoms with E-state index in [9.17, 15) is 4.79 Å². The van der Waals surface area contributed by atoms with Crippen LogP contribution in [0.25, 0.3) is 6.08 Å². The van der Waals surface area contributed by atoms with Crippen molar-refractivity contribution in [3.63, 3.8) is 0 Å². The predicted molar refractivity (Wildman–Crippen MR) is 128 cm³/mol. The Labute approximate surface area is 189 Å². The van der Waals surface area contributed by atoms with Crippen LogP contribution in [-0.4, -0.2) is 25.8 Å². The SMILES string of the molecule is CN(C)c1ccc(/C=C2/N=C(c3ccccc3Br)N(c3ccc(Cl)cc3)C2=O)cc1. The molecule has 0 saturated heterocycles. The van der Waals surface area contributed by atoms with Crippen molar-refractivity contribution in [2.45, 2.75) is 0 Å². The number of nitrogens with zero attached hydrogens (tertiary/aromatic N) is 3.